The number of carbonyl (C=O) groups excluding carboxylic acids is 1. The van der Waals surface area contributed by atoms with Gasteiger partial charge in [0, 0.05) is 6.04 Å². The molecule has 7 heteroatoms. The second kappa shape index (κ2) is 8.59. The predicted octanol–water partition coefficient (Wildman–Crippen LogP) is 5.20. The molecule has 0 aliphatic heterocycles. The number of carbonyl (C=O) groups is 1. The summed E-state index contributed by atoms with van der Waals surface area (Å²) in [5.41, 5.74) is 2.26. The molecule has 0 spiro atoms. The third kappa shape index (κ3) is 4.33. The molecule has 3 aromatic rings. The van der Waals surface area contributed by atoms with Crippen molar-refractivity contribution < 1.29 is 4.79 Å². The zero-order chi connectivity index (χ0) is 20.4. The van der Waals surface area contributed by atoms with E-state index in [0.717, 1.165) is 31.2 Å². The second-order valence-electron chi connectivity index (χ2n) is 7.35. The van der Waals surface area contributed by atoms with Gasteiger partial charge in [0.15, 0.2) is 5.16 Å². The van der Waals surface area contributed by atoms with E-state index < -0.39 is 0 Å². The number of anilines is 1. The first-order valence-electron chi connectivity index (χ1n) is 9.73. The van der Waals surface area contributed by atoms with Crippen LogP contribution in [0.5, 0.6) is 0 Å². The summed E-state index contributed by atoms with van der Waals surface area (Å²) in [6.45, 7) is 1.95. The molecule has 2 aromatic carbocycles. The largest absolute Gasteiger partial charge is 0.324 e. The van der Waals surface area contributed by atoms with Crippen molar-refractivity contribution in [3.8, 4) is 0 Å². The van der Waals surface area contributed by atoms with Gasteiger partial charge in [-0.25, -0.2) is 4.98 Å². The number of amides is 1. The Balaban J connectivity index is 1.59. The van der Waals surface area contributed by atoms with Gasteiger partial charge >= 0.3 is 0 Å². The van der Waals surface area contributed by atoms with E-state index in [0.29, 0.717) is 26.8 Å². The van der Waals surface area contributed by atoms with Crippen molar-refractivity contribution in [2.75, 3.05) is 11.1 Å². The van der Waals surface area contributed by atoms with Crippen molar-refractivity contribution in [2.24, 2.45) is 0 Å². The zero-order valence-electron chi connectivity index (χ0n) is 16.2. The predicted molar refractivity (Wildman–Crippen MR) is 119 cm³/mol. The SMILES string of the molecule is Cc1ccc(NC(=O)CSc2nc3ccccc3c(=O)n2C2CCCC2)c(Cl)c1. The fourth-order valence-corrected chi connectivity index (χ4v) is 4.90. The van der Waals surface area contributed by atoms with Crippen molar-refractivity contribution >= 4 is 45.9 Å². The first kappa shape index (κ1) is 20.0. The number of fused-ring (bicyclic) bond motifs is 1. The Morgan fingerprint density at radius 3 is 2.76 bits per heavy atom. The fourth-order valence-electron chi connectivity index (χ4n) is 3.75. The van der Waals surface area contributed by atoms with Crippen LogP contribution in [0.1, 0.15) is 37.3 Å². The number of aryl methyl sites for hydroxylation is 1. The number of para-hydroxylation sites is 1. The molecule has 1 fully saturated rings. The number of nitrogens with zero attached hydrogens (tertiary/aromatic N) is 2. The summed E-state index contributed by atoms with van der Waals surface area (Å²) in [6, 6.07) is 13.0. The lowest BCUT2D eigenvalue weighted by molar-refractivity contribution is -0.113. The first-order chi connectivity index (χ1) is 14.0. The van der Waals surface area contributed by atoms with Crippen LogP contribution in [0.2, 0.25) is 5.02 Å². The molecule has 5 nitrogen and oxygen atoms in total. The molecule has 1 amide bonds. The lowest BCUT2D eigenvalue weighted by atomic mass is 10.2. The van der Waals surface area contributed by atoms with Gasteiger partial charge in [-0.3, -0.25) is 14.2 Å². The molecule has 0 saturated heterocycles. The Morgan fingerprint density at radius 2 is 2.00 bits per heavy atom. The molecular formula is C22H22ClN3O2S. The van der Waals surface area contributed by atoms with Crippen molar-refractivity contribution in [1.29, 1.82) is 0 Å². The van der Waals surface area contributed by atoms with Gasteiger partial charge < -0.3 is 5.32 Å². The van der Waals surface area contributed by atoms with Gasteiger partial charge in [0.1, 0.15) is 0 Å². The minimum absolute atomic E-state index is 0.0213. The van der Waals surface area contributed by atoms with E-state index in [-0.39, 0.29) is 23.3 Å². The van der Waals surface area contributed by atoms with Crippen molar-refractivity contribution in [2.45, 2.75) is 43.8 Å². The van der Waals surface area contributed by atoms with E-state index in [1.54, 1.807) is 10.6 Å². The maximum atomic E-state index is 13.1. The number of benzene rings is 2. The Hall–Kier alpha value is -2.31. The highest BCUT2D eigenvalue weighted by Gasteiger charge is 2.23. The normalized spacial score (nSPS) is 14.4. The number of thioether (sulfide) groups is 1. The molecule has 1 heterocycles. The number of halogens is 1. The van der Waals surface area contributed by atoms with Crippen LogP contribution in [0.4, 0.5) is 5.69 Å². The van der Waals surface area contributed by atoms with Gasteiger partial charge in [0.05, 0.1) is 27.4 Å². The van der Waals surface area contributed by atoms with Gasteiger partial charge in [-0.1, -0.05) is 54.4 Å². The van der Waals surface area contributed by atoms with Crippen LogP contribution in [0.3, 0.4) is 0 Å². The molecule has 1 aliphatic carbocycles. The number of hydrogen-bond acceptors (Lipinski definition) is 4. The van der Waals surface area contributed by atoms with Gasteiger partial charge in [-0.15, -0.1) is 0 Å². The minimum Gasteiger partial charge on any atom is -0.324 e. The van der Waals surface area contributed by atoms with Crippen molar-refractivity contribution in [1.82, 2.24) is 9.55 Å². The molecule has 1 N–H and O–H groups in total. The third-order valence-corrected chi connectivity index (χ3v) is 6.46. The average Bonchev–Trinajstić information content (AvgIpc) is 3.23. The number of rotatable bonds is 5. The average molecular weight is 428 g/mol. The van der Waals surface area contributed by atoms with Gasteiger partial charge in [0.25, 0.3) is 5.56 Å². The molecule has 0 bridgehead atoms. The molecule has 1 aromatic heterocycles. The molecular weight excluding hydrogens is 406 g/mol. The molecule has 1 aliphatic rings. The molecule has 0 atom stereocenters. The lowest BCUT2D eigenvalue weighted by Crippen LogP contribution is -2.27. The van der Waals surface area contributed by atoms with Crippen molar-refractivity contribution in [3.63, 3.8) is 0 Å². The summed E-state index contributed by atoms with van der Waals surface area (Å²) in [5.74, 6) is -0.0250. The minimum atomic E-state index is -0.180. The Bertz CT molecular complexity index is 1120. The summed E-state index contributed by atoms with van der Waals surface area (Å²) < 4.78 is 1.80. The summed E-state index contributed by atoms with van der Waals surface area (Å²) in [7, 11) is 0. The van der Waals surface area contributed by atoms with Crippen LogP contribution in [0, 0.1) is 6.92 Å². The number of nitrogens with one attached hydrogen (secondary N) is 1. The topological polar surface area (TPSA) is 64.0 Å². The van der Waals surface area contributed by atoms with Crippen LogP contribution in [-0.4, -0.2) is 21.2 Å². The molecule has 4 rings (SSSR count). The standard InChI is InChI=1S/C22H22ClN3O2S/c1-14-10-11-19(17(23)12-14)24-20(27)13-29-22-25-18-9-5-4-8-16(18)21(28)26(22)15-6-2-3-7-15/h4-5,8-12,15H,2-3,6-7,13H2,1H3,(H,24,27). The number of hydrogen-bond donors (Lipinski definition) is 1. The van der Waals surface area contributed by atoms with E-state index in [1.807, 2.05) is 43.3 Å². The van der Waals surface area contributed by atoms with E-state index in [1.165, 1.54) is 11.8 Å². The first-order valence-corrected chi connectivity index (χ1v) is 11.1. The van der Waals surface area contributed by atoms with Crippen LogP contribution < -0.4 is 10.9 Å². The van der Waals surface area contributed by atoms with E-state index >= 15 is 0 Å². The van der Waals surface area contributed by atoms with Gasteiger partial charge in [-0.05, 0) is 49.6 Å². The Morgan fingerprint density at radius 1 is 1.24 bits per heavy atom. The van der Waals surface area contributed by atoms with Crippen LogP contribution in [-0.2, 0) is 4.79 Å². The summed E-state index contributed by atoms with van der Waals surface area (Å²) in [6.07, 6.45) is 4.16. The molecule has 1 saturated carbocycles. The van der Waals surface area contributed by atoms with Crippen LogP contribution in [0.25, 0.3) is 10.9 Å². The van der Waals surface area contributed by atoms with Crippen LogP contribution in [0.15, 0.2) is 52.4 Å². The Kier molecular flexibility index (Phi) is 5.92. The molecule has 0 radical (unpaired) electrons. The lowest BCUT2D eigenvalue weighted by Gasteiger charge is -2.18. The third-order valence-electron chi connectivity index (χ3n) is 5.20. The van der Waals surface area contributed by atoms with Gasteiger partial charge in [0.2, 0.25) is 5.91 Å². The van der Waals surface area contributed by atoms with Gasteiger partial charge in [-0.2, -0.15) is 0 Å². The maximum absolute atomic E-state index is 13.1. The molecule has 29 heavy (non-hydrogen) atoms. The highest BCUT2D eigenvalue weighted by Crippen LogP contribution is 2.32. The molecule has 0 unspecified atom stereocenters. The maximum Gasteiger partial charge on any atom is 0.262 e. The summed E-state index contributed by atoms with van der Waals surface area (Å²) >= 11 is 7.50. The highest BCUT2D eigenvalue weighted by atomic mass is 35.5. The monoisotopic (exact) mass is 427 g/mol. The van der Waals surface area contributed by atoms with E-state index in [9.17, 15) is 9.59 Å². The quantitative estimate of drug-likeness (QED) is 0.448. The van der Waals surface area contributed by atoms with Crippen LogP contribution >= 0.6 is 23.4 Å². The Labute approximate surface area is 178 Å². The van der Waals surface area contributed by atoms with E-state index in [4.69, 9.17) is 16.6 Å². The summed E-state index contributed by atoms with van der Waals surface area (Å²) in [5, 5.41) is 4.58. The zero-order valence-corrected chi connectivity index (χ0v) is 17.7. The smallest absolute Gasteiger partial charge is 0.262 e. The van der Waals surface area contributed by atoms with Crippen molar-refractivity contribution in [3.05, 3.63) is 63.4 Å². The second-order valence-corrected chi connectivity index (χ2v) is 8.69. The molecule has 150 valence electrons. The highest BCUT2D eigenvalue weighted by molar-refractivity contribution is 7.99. The summed E-state index contributed by atoms with van der Waals surface area (Å²) in [4.78, 5) is 30.3. The fraction of sp³-hybridized carbons (Fsp3) is 0.318. The number of aromatic nitrogens is 2. The van der Waals surface area contributed by atoms with E-state index in [2.05, 4.69) is 5.32 Å².